The van der Waals surface area contributed by atoms with E-state index in [2.05, 4.69) is 79.8 Å². The van der Waals surface area contributed by atoms with Crippen LogP contribution >= 0.6 is 0 Å². The van der Waals surface area contributed by atoms with Crippen LogP contribution in [0.5, 0.6) is 0 Å². The first kappa shape index (κ1) is 19.7. The van der Waals surface area contributed by atoms with Crippen LogP contribution in [0.25, 0.3) is 0 Å². The van der Waals surface area contributed by atoms with Gasteiger partial charge in [0.05, 0.1) is 25.1 Å². The Labute approximate surface area is 146 Å². The monoisotopic (exact) mass is 333 g/mol. The van der Waals surface area contributed by atoms with Crippen LogP contribution < -0.4 is 17.7 Å². The number of benzene rings is 2. The molecule has 0 bridgehead atoms. The molecular weight excluding hydrogens is 306 g/mol. The number of quaternary nitrogens is 1. The summed E-state index contributed by atoms with van der Waals surface area (Å²) in [4.78, 5) is 0. The highest BCUT2D eigenvalue weighted by molar-refractivity contribution is 5.19. The van der Waals surface area contributed by atoms with Gasteiger partial charge in [-0.1, -0.05) is 60.7 Å². The summed E-state index contributed by atoms with van der Waals surface area (Å²) in [5.74, 6) is 0.458. The molecule has 23 heavy (non-hydrogen) atoms. The standard InChI is InChI=1S/C20H27NO.ClH/c1-3-22-16-20(19-12-8-5-9-13-19)15-21-17(2)14-18-10-6-4-7-11-18;/h4-13,17,20-21H,3,14-16H2,1-2H3;1H. The molecular formula is C20H28ClNO. The molecule has 2 unspecified atom stereocenters. The van der Waals surface area contributed by atoms with Gasteiger partial charge in [0, 0.05) is 13.0 Å². The van der Waals surface area contributed by atoms with Crippen molar-refractivity contribution in [2.45, 2.75) is 32.2 Å². The van der Waals surface area contributed by atoms with E-state index < -0.39 is 0 Å². The predicted octanol–water partition coefficient (Wildman–Crippen LogP) is 0.00530. The first-order valence-electron chi connectivity index (χ1n) is 8.29. The number of ether oxygens (including phenoxy) is 1. The number of halogens is 1. The van der Waals surface area contributed by atoms with Crippen LogP contribution in [0, 0.1) is 0 Å². The van der Waals surface area contributed by atoms with Gasteiger partial charge in [0.2, 0.25) is 0 Å². The maximum atomic E-state index is 5.68. The number of hydrogen-bond donors (Lipinski definition) is 1. The Morgan fingerprint density at radius 1 is 0.957 bits per heavy atom. The SMILES string of the molecule is CCOCC(C[NH2+]C(C)Cc1ccccc1)c1ccccc1.[Cl-]. The van der Waals surface area contributed by atoms with Gasteiger partial charge in [-0.05, 0) is 25.0 Å². The van der Waals surface area contributed by atoms with E-state index in [0.29, 0.717) is 12.0 Å². The van der Waals surface area contributed by atoms with Crippen molar-refractivity contribution >= 4 is 0 Å². The minimum Gasteiger partial charge on any atom is -1.00 e. The summed E-state index contributed by atoms with van der Waals surface area (Å²) in [5.41, 5.74) is 2.78. The summed E-state index contributed by atoms with van der Waals surface area (Å²) >= 11 is 0. The second kappa shape index (κ2) is 11.2. The summed E-state index contributed by atoms with van der Waals surface area (Å²) in [6.07, 6.45) is 1.11. The Kier molecular flexibility index (Phi) is 9.61. The van der Waals surface area contributed by atoms with Gasteiger partial charge >= 0.3 is 0 Å². The van der Waals surface area contributed by atoms with Crippen LogP contribution in [0.1, 0.15) is 30.9 Å². The molecule has 3 heteroatoms. The van der Waals surface area contributed by atoms with Gasteiger partial charge in [0.1, 0.15) is 0 Å². The van der Waals surface area contributed by atoms with Gasteiger partial charge in [-0.15, -0.1) is 0 Å². The van der Waals surface area contributed by atoms with E-state index >= 15 is 0 Å². The quantitative estimate of drug-likeness (QED) is 0.687. The first-order valence-corrected chi connectivity index (χ1v) is 8.29. The lowest BCUT2D eigenvalue weighted by Crippen LogP contribution is -3.00. The minimum atomic E-state index is 0. The molecule has 2 nitrogen and oxygen atoms in total. The average Bonchev–Trinajstić information content (AvgIpc) is 2.57. The van der Waals surface area contributed by atoms with Crippen molar-refractivity contribution < 1.29 is 22.5 Å². The van der Waals surface area contributed by atoms with Crippen LogP contribution in [0.4, 0.5) is 0 Å². The fraction of sp³-hybridized carbons (Fsp3) is 0.400. The normalized spacial score (nSPS) is 13.1. The highest BCUT2D eigenvalue weighted by Gasteiger charge is 2.16. The molecule has 0 aliphatic rings. The van der Waals surface area contributed by atoms with Crippen molar-refractivity contribution in [3.63, 3.8) is 0 Å². The van der Waals surface area contributed by atoms with Crippen molar-refractivity contribution in [3.05, 3.63) is 71.8 Å². The smallest absolute Gasteiger partial charge is 0.0871 e. The maximum absolute atomic E-state index is 5.68. The lowest BCUT2D eigenvalue weighted by molar-refractivity contribution is -0.688. The molecule has 2 N–H and O–H groups in total. The van der Waals surface area contributed by atoms with Crippen molar-refractivity contribution in [1.29, 1.82) is 0 Å². The van der Waals surface area contributed by atoms with Crippen molar-refractivity contribution in [2.75, 3.05) is 19.8 Å². The van der Waals surface area contributed by atoms with Crippen molar-refractivity contribution in [3.8, 4) is 0 Å². The zero-order valence-electron chi connectivity index (χ0n) is 14.1. The third-order valence-corrected chi connectivity index (χ3v) is 4.02. The second-order valence-corrected chi connectivity index (χ2v) is 5.91. The third-order valence-electron chi connectivity index (χ3n) is 4.02. The van der Waals surface area contributed by atoms with Crippen LogP contribution in [0.2, 0.25) is 0 Å². The summed E-state index contributed by atoms with van der Waals surface area (Å²) < 4.78 is 5.68. The number of hydrogen-bond acceptors (Lipinski definition) is 1. The van der Waals surface area contributed by atoms with Crippen molar-refractivity contribution in [1.82, 2.24) is 0 Å². The lowest BCUT2D eigenvalue weighted by atomic mass is 9.99. The molecule has 126 valence electrons. The number of rotatable bonds is 9. The Morgan fingerprint density at radius 2 is 1.57 bits per heavy atom. The molecule has 0 aromatic heterocycles. The van der Waals surface area contributed by atoms with Crippen LogP contribution in [-0.4, -0.2) is 25.8 Å². The van der Waals surface area contributed by atoms with Gasteiger partial charge < -0.3 is 22.5 Å². The summed E-state index contributed by atoms with van der Waals surface area (Å²) in [6, 6.07) is 22.0. The molecule has 0 aliphatic carbocycles. The summed E-state index contributed by atoms with van der Waals surface area (Å²) in [5, 5.41) is 2.45. The van der Waals surface area contributed by atoms with Gasteiger partial charge in [-0.25, -0.2) is 0 Å². The fourth-order valence-corrected chi connectivity index (χ4v) is 2.75. The molecule has 0 heterocycles. The van der Waals surface area contributed by atoms with Gasteiger partial charge in [0.15, 0.2) is 0 Å². The zero-order chi connectivity index (χ0) is 15.6. The second-order valence-electron chi connectivity index (χ2n) is 5.91. The number of nitrogens with two attached hydrogens (primary N) is 1. The van der Waals surface area contributed by atoms with E-state index in [9.17, 15) is 0 Å². The molecule has 2 aromatic carbocycles. The summed E-state index contributed by atoms with van der Waals surface area (Å²) in [7, 11) is 0. The van der Waals surface area contributed by atoms with E-state index in [1.54, 1.807) is 0 Å². The molecule has 0 fully saturated rings. The van der Waals surface area contributed by atoms with E-state index in [0.717, 1.165) is 26.2 Å². The van der Waals surface area contributed by atoms with E-state index in [4.69, 9.17) is 4.74 Å². The Morgan fingerprint density at radius 3 is 2.17 bits per heavy atom. The van der Waals surface area contributed by atoms with Crippen LogP contribution in [0.3, 0.4) is 0 Å². The zero-order valence-corrected chi connectivity index (χ0v) is 14.9. The van der Waals surface area contributed by atoms with E-state index in [1.165, 1.54) is 11.1 Å². The Hall–Kier alpha value is -1.35. The van der Waals surface area contributed by atoms with Gasteiger partial charge in [0.25, 0.3) is 0 Å². The predicted molar refractivity (Wildman–Crippen MR) is 92.1 cm³/mol. The Bertz CT molecular complexity index is 518. The highest BCUT2D eigenvalue weighted by Crippen LogP contribution is 2.14. The topological polar surface area (TPSA) is 25.8 Å². The molecule has 0 amide bonds. The van der Waals surface area contributed by atoms with Crippen molar-refractivity contribution in [2.24, 2.45) is 0 Å². The molecule has 0 radical (unpaired) electrons. The third kappa shape index (κ3) is 7.17. The molecule has 2 atom stereocenters. The largest absolute Gasteiger partial charge is 1.00 e. The first-order chi connectivity index (χ1) is 10.8. The highest BCUT2D eigenvalue weighted by atomic mass is 35.5. The summed E-state index contributed by atoms with van der Waals surface area (Å²) in [6.45, 7) is 7.01. The van der Waals surface area contributed by atoms with Crippen LogP contribution in [0.15, 0.2) is 60.7 Å². The van der Waals surface area contributed by atoms with E-state index in [-0.39, 0.29) is 12.4 Å². The molecule has 0 spiro atoms. The van der Waals surface area contributed by atoms with Gasteiger partial charge in [-0.3, -0.25) is 0 Å². The lowest BCUT2D eigenvalue weighted by Gasteiger charge is -2.19. The maximum Gasteiger partial charge on any atom is 0.0871 e. The molecule has 2 aromatic rings. The molecule has 2 rings (SSSR count). The molecule has 0 saturated carbocycles. The molecule has 0 saturated heterocycles. The van der Waals surface area contributed by atoms with Gasteiger partial charge in [-0.2, -0.15) is 0 Å². The molecule has 0 aliphatic heterocycles. The minimum absolute atomic E-state index is 0. The van der Waals surface area contributed by atoms with E-state index in [1.807, 2.05) is 0 Å². The van der Waals surface area contributed by atoms with Crippen LogP contribution in [-0.2, 0) is 11.2 Å². The Balaban J connectivity index is 0.00000264. The fourth-order valence-electron chi connectivity index (χ4n) is 2.75. The average molecular weight is 334 g/mol.